The van der Waals surface area contributed by atoms with E-state index in [-0.39, 0.29) is 5.91 Å². The molecule has 20 heavy (non-hydrogen) atoms. The lowest BCUT2D eigenvalue weighted by molar-refractivity contribution is -0.133. The van der Waals surface area contributed by atoms with Crippen LogP contribution in [0, 0.1) is 0 Å². The SMILES string of the molecule is CN(CC(=O)N1CCN(S(C)(=O)=O)CC1)C1CCNC1. The lowest BCUT2D eigenvalue weighted by Gasteiger charge is -2.34. The minimum absolute atomic E-state index is 0.0903. The van der Waals surface area contributed by atoms with Crippen molar-refractivity contribution >= 4 is 15.9 Å². The van der Waals surface area contributed by atoms with Crippen molar-refractivity contribution in [1.82, 2.24) is 19.4 Å². The van der Waals surface area contributed by atoms with Gasteiger partial charge in [0.05, 0.1) is 12.8 Å². The van der Waals surface area contributed by atoms with E-state index in [1.165, 1.54) is 10.6 Å². The van der Waals surface area contributed by atoms with Crippen LogP contribution in [0.15, 0.2) is 0 Å². The molecule has 1 atom stereocenters. The van der Waals surface area contributed by atoms with Crippen LogP contribution in [-0.4, -0.2) is 93.6 Å². The topological polar surface area (TPSA) is 73.0 Å². The highest BCUT2D eigenvalue weighted by Gasteiger charge is 2.28. The third kappa shape index (κ3) is 3.91. The number of hydrogen-bond acceptors (Lipinski definition) is 5. The molecule has 0 spiro atoms. The largest absolute Gasteiger partial charge is 0.339 e. The molecule has 0 radical (unpaired) electrons. The molecule has 0 bridgehead atoms. The monoisotopic (exact) mass is 304 g/mol. The first-order valence-electron chi connectivity index (χ1n) is 7.02. The Hall–Kier alpha value is -0.700. The highest BCUT2D eigenvalue weighted by atomic mass is 32.2. The predicted molar refractivity (Wildman–Crippen MR) is 76.9 cm³/mol. The van der Waals surface area contributed by atoms with Crippen LogP contribution in [-0.2, 0) is 14.8 Å². The molecular formula is C12H24N4O3S. The number of likely N-dealkylation sites (N-methyl/N-ethyl adjacent to an activating group) is 1. The summed E-state index contributed by atoms with van der Waals surface area (Å²) in [7, 11) is -1.16. The van der Waals surface area contributed by atoms with Gasteiger partial charge in [0.15, 0.2) is 0 Å². The average Bonchev–Trinajstić information content (AvgIpc) is 2.91. The van der Waals surface area contributed by atoms with Gasteiger partial charge in [0.25, 0.3) is 0 Å². The Bertz CT molecular complexity index is 440. The summed E-state index contributed by atoms with van der Waals surface area (Å²) in [5, 5.41) is 3.29. The molecule has 1 N–H and O–H groups in total. The Morgan fingerprint density at radius 3 is 2.45 bits per heavy atom. The summed E-state index contributed by atoms with van der Waals surface area (Å²) in [4.78, 5) is 16.1. The van der Waals surface area contributed by atoms with E-state index in [0.717, 1.165) is 19.5 Å². The highest BCUT2D eigenvalue weighted by Crippen LogP contribution is 2.09. The smallest absolute Gasteiger partial charge is 0.236 e. The maximum absolute atomic E-state index is 12.2. The fourth-order valence-corrected chi connectivity index (χ4v) is 3.55. The molecule has 7 nitrogen and oxygen atoms in total. The fraction of sp³-hybridized carbons (Fsp3) is 0.917. The number of hydrogen-bond donors (Lipinski definition) is 1. The normalized spacial score (nSPS) is 25.4. The summed E-state index contributed by atoms with van der Waals surface area (Å²) in [5.41, 5.74) is 0. The molecule has 0 aliphatic carbocycles. The van der Waals surface area contributed by atoms with Crippen molar-refractivity contribution in [3.05, 3.63) is 0 Å². The number of piperazine rings is 1. The van der Waals surface area contributed by atoms with Crippen molar-refractivity contribution in [2.75, 3.05) is 59.1 Å². The summed E-state index contributed by atoms with van der Waals surface area (Å²) in [6.07, 6.45) is 2.29. The summed E-state index contributed by atoms with van der Waals surface area (Å²) in [6, 6.07) is 0.427. The van der Waals surface area contributed by atoms with Crippen molar-refractivity contribution in [3.8, 4) is 0 Å². The van der Waals surface area contributed by atoms with Gasteiger partial charge in [0.2, 0.25) is 15.9 Å². The van der Waals surface area contributed by atoms with Crippen molar-refractivity contribution < 1.29 is 13.2 Å². The van der Waals surface area contributed by atoms with E-state index in [2.05, 4.69) is 10.2 Å². The van der Waals surface area contributed by atoms with Crippen LogP contribution in [0.25, 0.3) is 0 Å². The Morgan fingerprint density at radius 1 is 1.30 bits per heavy atom. The molecule has 1 amide bonds. The average molecular weight is 304 g/mol. The maximum atomic E-state index is 12.2. The summed E-state index contributed by atoms with van der Waals surface area (Å²) >= 11 is 0. The molecule has 0 aromatic rings. The van der Waals surface area contributed by atoms with Gasteiger partial charge in [-0.2, -0.15) is 4.31 Å². The predicted octanol–water partition coefficient (Wildman–Crippen LogP) is -1.62. The molecule has 2 fully saturated rings. The lowest BCUT2D eigenvalue weighted by atomic mass is 10.2. The number of carbonyl (C=O) groups excluding carboxylic acids is 1. The second kappa shape index (κ2) is 6.38. The molecular weight excluding hydrogens is 280 g/mol. The Labute approximate surface area is 120 Å². The molecule has 2 aliphatic heterocycles. The molecule has 2 saturated heterocycles. The van der Waals surface area contributed by atoms with Gasteiger partial charge in [0, 0.05) is 38.8 Å². The zero-order valence-electron chi connectivity index (χ0n) is 12.2. The van der Waals surface area contributed by atoms with E-state index in [4.69, 9.17) is 0 Å². The van der Waals surface area contributed by atoms with Crippen LogP contribution in [0.5, 0.6) is 0 Å². The molecule has 116 valence electrons. The van der Waals surface area contributed by atoms with Crippen molar-refractivity contribution in [3.63, 3.8) is 0 Å². The van der Waals surface area contributed by atoms with Gasteiger partial charge in [-0.25, -0.2) is 8.42 Å². The van der Waals surface area contributed by atoms with E-state index in [9.17, 15) is 13.2 Å². The van der Waals surface area contributed by atoms with Gasteiger partial charge in [-0.05, 0) is 20.0 Å². The van der Waals surface area contributed by atoms with Gasteiger partial charge in [-0.15, -0.1) is 0 Å². The minimum Gasteiger partial charge on any atom is -0.339 e. The van der Waals surface area contributed by atoms with Crippen LogP contribution in [0.3, 0.4) is 0 Å². The van der Waals surface area contributed by atoms with Gasteiger partial charge in [0.1, 0.15) is 0 Å². The zero-order chi connectivity index (χ0) is 14.8. The Kier molecular flexibility index (Phi) is 5.00. The standard InChI is InChI=1S/C12H24N4O3S/c1-14(11-3-4-13-9-11)10-12(17)15-5-7-16(8-6-15)20(2,18)19/h11,13H,3-10H2,1-2H3. The first-order valence-corrected chi connectivity index (χ1v) is 8.86. The zero-order valence-corrected chi connectivity index (χ0v) is 13.0. The van der Waals surface area contributed by atoms with E-state index < -0.39 is 10.0 Å². The number of nitrogens with zero attached hydrogens (tertiary/aromatic N) is 3. The summed E-state index contributed by atoms with van der Waals surface area (Å²) < 4.78 is 24.3. The van der Waals surface area contributed by atoms with Crippen molar-refractivity contribution in [1.29, 1.82) is 0 Å². The van der Waals surface area contributed by atoms with Crippen LogP contribution in [0.1, 0.15) is 6.42 Å². The van der Waals surface area contributed by atoms with Gasteiger partial charge in [-0.1, -0.05) is 0 Å². The Morgan fingerprint density at radius 2 is 1.95 bits per heavy atom. The number of rotatable bonds is 4. The number of carbonyl (C=O) groups is 1. The minimum atomic E-state index is -3.13. The van der Waals surface area contributed by atoms with Crippen molar-refractivity contribution in [2.24, 2.45) is 0 Å². The summed E-state index contributed by atoms with van der Waals surface area (Å²) in [6.45, 7) is 4.14. The van der Waals surface area contributed by atoms with E-state index in [0.29, 0.717) is 38.8 Å². The molecule has 8 heteroatoms. The van der Waals surface area contributed by atoms with Crippen molar-refractivity contribution in [2.45, 2.75) is 12.5 Å². The molecule has 0 aromatic heterocycles. The number of sulfonamides is 1. The quantitative estimate of drug-likeness (QED) is 0.676. The van der Waals surface area contributed by atoms with Gasteiger partial charge >= 0.3 is 0 Å². The van der Waals surface area contributed by atoms with Crippen LogP contribution in [0.2, 0.25) is 0 Å². The molecule has 0 saturated carbocycles. The second-order valence-electron chi connectivity index (χ2n) is 5.60. The molecule has 2 rings (SSSR count). The Balaban J connectivity index is 1.79. The van der Waals surface area contributed by atoms with E-state index >= 15 is 0 Å². The highest BCUT2D eigenvalue weighted by molar-refractivity contribution is 7.88. The molecule has 1 unspecified atom stereocenters. The molecule has 0 aromatic carbocycles. The third-order valence-electron chi connectivity index (χ3n) is 4.10. The van der Waals surface area contributed by atoms with Gasteiger partial charge in [-0.3, -0.25) is 9.69 Å². The second-order valence-corrected chi connectivity index (χ2v) is 7.59. The first-order chi connectivity index (χ1) is 9.38. The fourth-order valence-electron chi connectivity index (χ4n) is 2.73. The molecule has 2 heterocycles. The van der Waals surface area contributed by atoms with E-state index in [1.54, 1.807) is 4.90 Å². The first kappa shape index (κ1) is 15.7. The number of amides is 1. The van der Waals surface area contributed by atoms with Gasteiger partial charge < -0.3 is 10.2 Å². The summed E-state index contributed by atoms with van der Waals surface area (Å²) in [5.74, 6) is 0.0903. The van der Waals surface area contributed by atoms with Crippen LogP contribution >= 0.6 is 0 Å². The van der Waals surface area contributed by atoms with Crippen LogP contribution in [0.4, 0.5) is 0 Å². The van der Waals surface area contributed by atoms with Crippen LogP contribution < -0.4 is 5.32 Å². The maximum Gasteiger partial charge on any atom is 0.236 e. The number of nitrogens with one attached hydrogen (secondary N) is 1. The lowest BCUT2D eigenvalue weighted by Crippen LogP contribution is -2.52. The molecule has 2 aliphatic rings. The van der Waals surface area contributed by atoms with E-state index in [1.807, 2.05) is 7.05 Å². The third-order valence-corrected chi connectivity index (χ3v) is 5.41.